The third-order valence-corrected chi connectivity index (χ3v) is 6.06. The normalized spacial score (nSPS) is 18.0. The van der Waals surface area contributed by atoms with E-state index in [0.717, 1.165) is 45.0 Å². The molecule has 3 aromatic rings. The number of hydrogen-bond donors (Lipinski definition) is 1. The van der Waals surface area contributed by atoms with E-state index in [2.05, 4.69) is 62.7 Å². The number of aliphatic hydroxyl groups excluding tert-OH is 1. The maximum atomic E-state index is 9.63. The van der Waals surface area contributed by atoms with E-state index in [4.69, 9.17) is 11.6 Å². The molecule has 0 radical (unpaired) electrons. The summed E-state index contributed by atoms with van der Waals surface area (Å²) < 4.78 is 2.12. The predicted octanol–water partition coefficient (Wildman–Crippen LogP) is 3.90. The molecule has 30 heavy (non-hydrogen) atoms. The van der Waals surface area contributed by atoms with Gasteiger partial charge in [-0.25, -0.2) is 4.98 Å². The molecule has 1 aliphatic rings. The van der Waals surface area contributed by atoms with Crippen LogP contribution in [0.5, 0.6) is 0 Å². The van der Waals surface area contributed by atoms with Crippen molar-refractivity contribution in [1.82, 2.24) is 19.4 Å². The molecular formula is C24H29ClN4O. The molecule has 1 aliphatic heterocycles. The highest BCUT2D eigenvalue weighted by molar-refractivity contribution is 6.30. The number of aliphatic hydroxyl groups is 1. The molecule has 1 unspecified atom stereocenters. The lowest BCUT2D eigenvalue weighted by Gasteiger charge is -2.41. The Morgan fingerprint density at radius 1 is 1.07 bits per heavy atom. The second kappa shape index (κ2) is 9.75. The number of piperazine rings is 1. The molecular weight excluding hydrogens is 396 g/mol. The second-order valence-corrected chi connectivity index (χ2v) is 8.50. The standard InChI is InChI=1S/C24H29ClN4O/c1-19-4-6-20(7-5-19)16-28-13-12-27(17-22(28)10-14-30)18-23-3-2-11-29(23)24-9-8-21(25)15-26-24/h2-9,11,15,22,30H,10,12-14,16-18H2,1H3. The number of benzene rings is 1. The topological polar surface area (TPSA) is 44.5 Å². The van der Waals surface area contributed by atoms with Gasteiger partial charge in [-0.1, -0.05) is 41.4 Å². The summed E-state index contributed by atoms with van der Waals surface area (Å²) in [7, 11) is 0. The van der Waals surface area contributed by atoms with Gasteiger partial charge < -0.3 is 9.67 Å². The van der Waals surface area contributed by atoms with Crippen LogP contribution in [0.15, 0.2) is 60.9 Å². The molecule has 1 aromatic carbocycles. The van der Waals surface area contributed by atoms with Crippen molar-refractivity contribution in [2.45, 2.75) is 32.5 Å². The Hall–Kier alpha value is -2.18. The van der Waals surface area contributed by atoms with Crippen molar-refractivity contribution >= 4 is 11.6 Å². The summed E-state index contributed by atoms with van der Waals surface area (Å²) in [5.74, 6) is 0.879. The van der Waals surface area contributed by atoms with Crippen LogP contribution in [0.1, 0.15) is 23.2 Å². The van der Waals surface area contributed by atoms with Crippen molar-refractivity contribution in [3.05, 3.63) is 82.8 Å². The Morgan fingerprint density at radius 2 is 1.90 bits per heavy atom. The number of aromatic nitrogens is 2. The molecule has 158 valence electrons. The van der Waals surface area contributed by atoms with Crippen molar-refractivity contribution in [3.63, 3.8) is 0 Å². The fourth-order valence-electron chi connectivity index (χ4n) is 4.17. The van der Waals surface area contributed by atoms with Gasteiger partial charge in [-0.2, -0.15) is 0 Å². The van der Waals surface area contributed by atoms with Gasteiger partial charge in [0.1, 0.15) is 5.82 Å². The van der Waals surface area contributed by atoms with E-state index in [1.165, 1.54) is 16.8 Å². The van der Waals surface area contributed by atoms with E-state index in [1.807, 2.05) is 18.3 Å². The Kier molecular flexibility index (Phi) is 6.85. The number of halogens is 1. The predicted molar refractivity (Wildman–Crippen MR) is 121 cm³/mol. The Balaban J connectivity index is 1.43. The number of hydrogen-bond acceptors (Lipinski definition) is 4. The number of nitrogens with zero attached hydrogens (tertiary/aromatic N) is 4. The third-order valence-electron chi connectivity index (χ3n) is 5.83. The summed E-state index contributed by atoms with van der Waals surface area (Å²) >= 11 is 5.99. The first kappa shape index (κ1) is 21.1. The first-order valence-electron chi connectivity index (χ1n) is 10.5. The summed E-state index contributed by atoms with van der Waals surface area (Å²) in [6.45, 7) is 7.08. The summed E-state index contributed by atoms with van der Waals surface area (Å²) in [6, 6.07) is 17.1. The molecule has 1 atom stereocenters. The van der Waals surface area contributed by atoms with Gasteiger partial charge in [-0.05, 0) is 43.2 Å². The first-order chi connectivity index (χ1) is 14.6. The lowest BCUT2D eigenvalue weighted by atomic mass is 10.1. The lowest BCUT2D eigenvalue weighted by molar-refractivity contribution is 0.0492. The van der Waals surface area contributed by atoms with Gasteiger partial charge in [-0.15, -0.1) is 0 Å². The Labute approximate surface area is 183 Å². The van der Waals surface area contributed by atoms with Crippen LogP contribution in [0.4, 0.5) is 0 Å². The second-order valence-electron chi connectivity index (χ2n) is 8.06. The smallest absolute Gasteiger partial charge is 0.136 e. The maximum absolute atomic E-state index is 9.63. The largest absolute Gasteiger partial charge is 0.396 e. The van der Waals surface area contributed by atoms with Gasteiger partial charge in [0.05, 0.1) is 5.02 Å². The molecule has 5 nitrogen and oxygen atoms in total. The van der Waals surface area contributed by atoms with Crippen LogP contribution >= 0.6 is 11.6 Å². The molecule has 0 aliphatic carbocycles. The highest BCUT2D eigenvalue weighted by atomic mass is 35.5. The molecule has 2 aromatic heterocycles. The van der Waals surface area contributed by atoms with Crippen molar-refractivity contribution in [1.29, 1.82) is 0 Å². The fourth-order valence-corrected chi connectivity index (χ4v) is 4.28. The molecule has 4 rings (SSSR count). The van der Waals surface area contributed by atoms with E-state index < -0.39 is 0 Å². The van der Waals surface area contributed by atoms with Crippen molar-refractivity contribution in [2.24, 2.45) is 0 Å². The molecule has 0 bridgehead atoms. The van der Waals surface area contributed by atoms with Gasteiger partial charge >= 0.3 is 0 Å². The molecule has 1 fully saturated rings. The molecule has 6 heteroatoms. The van der Waals surface area contributed by atoms with Crippen LogP contribution < -0.4 is 0 Å². The van der Waals surface area contributed by atoms with E-state index in [-0.39, 0.29) is 6.61 Å². The Morgan fingerprint density at radius 3 is 2.63 bits per heavy atom. The summed E-state index contributed by atoms with van der Waals surface area (Å²) in [5.41, 5.74) is 3.83. The van der Waals surface area contributed by atoms with Crippen molar-refractivity contribution < 1.29 is 5.11 Å². The SMILES string of the molecule is Cc1ccc(CN2CCN(Cc3cccn3-c3ccc(Cl)cn3)CC2CCO)cc1. The van der Waals surface area contributed by atoms with Crippen molar-refractivity contribution in [2.75, 3.05) is 26.2 Å². The van der Waals surface area contributed by atoms with Gasteiger partial charge in [-0.3, -0.25) is 9.80 Å². The minimum absolute atomic E-state index is 0.216. The number of aryl methyl sites for hydroxylation is 1. The molecule has 0 amide bonds. The zero-order valence-electron chi connectivity index (χ0n) is 17.4. The van der Waals surface area contributed by atoms with Gasteiger partial charge in [0.15, 0.2) is 0 Å². The molecule has 1 N–H and O–H groups in total. The highest BCUT2D eigenvalue weighted by Crippen LogP contribution is 2.20. The number of rotatable bonds is 7. The maximum Gasteiger partial charge on any atom is 0.136 e. The summed E-state index contributed by atoms with van der Waals surface area (Å²) in [4.78, 5) is 9.45. The average molecular weight is 425 g/mol. The van der Waals surface area contributed by atoms with Crippen LogP contribution in [-0.2, 0) is 13.1 Å². The average Bonchev–Trinajstić information content (AvgIpc) is 3.20. The molecule has 1 saturated heterocycles. The van der Waals surface area contributed by atoms with Crippen molar-refractivity contribution in [3.8, 4) is 5.82 Å². The van der Waals surface area contributed by atoms with Gasteiger partial charge in [0.2, 0.25) is 0 Å². The summed E-state index contributed by atoms with van der Waals surface area (Å²) in [6.07, 6.45) is 4.52. The minimum Gasteiger partial charge on any atom is -0.396 e. The van der Waals surface area contributed by atoms with E-state index in [1.54, 1.807) is 6.20 Å². The van der Waals surface area contributed by atoms with E-state index >= 15 is 0 Å². The van der Waals surface area contributed by atoms with Crippen LogP contribution in [0, 0.1) is 6.92 Å². The molecule has 0 spiro atoms. The van der Waals surface area contributed by atoms with Gasteiger partial charge in [0.25, 0.3) is 0 Å². The minimum atomic E-state index is 0.216. The van der Waals surface area contributed by atoms with E-state index in [9.17, 15) is 5.11 Å². The third kappa shape index (κ3) is 5.10. The summed E-state index contributed by atoms with van der Waals surface area (Å²) in [5, 5.41) is 10.3. The quantitative estimate of drug-likeness (QED) is 0.624. The number of pyridine rings is 1. The first-order valence-corrected chi connectivity index (χ1v) is 10.9. The highest BCUT2D eigenvalue weighted by Gasteiger charge is 2.27. The van der Waals surface area contributed by atoms with Crippen LogP contribution in [0.3, 0.4) is 0 Å². The van der Waals surface area contributed by atoms with Gasteiger partial charge in [0, 0.05) is 63.5 Å². The molecule has 0 saturated carbocycles. The van der Waals surface area contributed by atoms with Crippen LogP contribution in [0.2, 0.25) is 5.02 Å². The fraction of sp³-hybridized carbons (Fsp3) is 0.375. The van der Waals surface area contributed by atoms with Crippen LogP contribution in [-0.4, -0.2) is 56.7 Å². The monoisotopic (exact) mass is 424 g/mol. The Bertz CT molecular complexity index is 939. The molecule has 3 heterocycles. The zero-order chi connectivity index (χ0) is 20.9. The zero-order valence-corrected chi connectivity index (χ0v) is 18.2. The lowest BCUT2D eigenvalue weighted by Crippen LogP contribution is -2.52. The van der Waals surface area contributed by atoms with Crippen LogP contribution in [0.25, 0.3) is 5.82 Å². The van der Waals surface area contributed by atoms with E-state index in [0.29, 0.717) is 11.1 Å².